The molecule has 1 aliphatic rings. The van der Waals surface area contributed by atoms with E-state index >= 15 is 0 Å². The molecule has 0 saturated carbocycles. The van der Waals surface area contributed by atoms with E-state index in [9.17, 15) is 4.39 Å². The van der Waals surface area contributed by atoms with Gasteiger partial charge in [-0.2, -0.15) is 4.98 Å². The van der Waals surface area contributed by atoms with E-state index in [0.717, 1.165) is 19.5 Å². The molecule has 0 radical (unpaired) electrons. The molecule has 0 bridgehead atoms. The number of halogens is 1. The highest BCUT2D eigenvalue weighted by Gasteiger charge is 2.28. The molecule has 1 aromatic carbocycles. The van der Waals surface area contributed by atoms with Gasteiger partial charge in [-0.25, -0.2) is 4.39 Å². The van der Waals surface area contributed by atoms with Crippen molar-refractivity contribution in [2.24, 2.45) is 0 Å². The average Bonchev–Trinajstić information content (AvgIpc) is 3.10. The molecule has 0 aliphatic carbocycles. The highest BCUT2D eigenvalue weighted by Crippen LogP contribution is 2.28. The summed E-state index contributed by atoms with van der Waals surface area (Å²) in [5.41, 5.74) is 0.650. The maximum absolute atomic E-state index is 14.2. The van der Waals surface area contributed by atoms with Crippen molar-refractivity contribution in [2.75, 3.05) is 20.2 Å². The van der Waals surface area contributed by atoms with Crippen LogP contribution in [-0.4, -0.2) is 35.2 Å². The van der Waals surface area contributed by atoms with Gasteiger partial charge < -0.3 is 9.26 Å². The zero-order valence-corrected chi connectivity index (χ0v) is 12.2. The van der Waals surface area contributed by atoms with Gasteiger partial charge in [0, 0.05) is 18.7 Å². The van der Waals surface area contributed by atoms with E-state index in [2.05, 4.69) is 15.0 Å². The summed E-state index contributed by atoms with van der Waals surface area (Å²) in [6.45, 7) is 4.07. The van der Waals surface area contributed by atoms with Crippen LogP contribution >= 0.6 is 0 Å². The Morgan fingerprint density at radius 3 is 3.05 bits per heavy atom. The number of hydrogen-bond acceptors (Lipinski definition) is 5. The van der Waals surface area contributed by atoms with Crippen LogP contribution in [0.3, 0.4) is 0 Å². The zero-order chi connectivity index (χ0) is 14.8. The summed E-state index contributed by atoms with van der Waals surface area (Å²) in [5.74, 6) is 1.58. The number of methoxy groups -OCH3 is 1. The van der Waals surface area contributed by atoms with Crippen molar-refractivity contribution in [1.29, 1.82) is 0 Å². The first-order valence-corrected chi connectivity index (χ1v) is 7.01. The third kappa shape index (κ3) is 2.90. The van der Waals surface area contributed by atoms with E-state index in [4.69, 9.17) is 9.26 Å². The van der Waals surface area contributed by atoms with Gasteiger partial charge in [-0.3, -0.25) is 4.90 Å². The Morgan fingerprint density at radius 1 is 1.48 bits per heavy atom. The molecular weight excluding hydrogens is 273 g/mol. The number of benzene rings is 1. The Kier molecular flexibility index (Phi) is 3.88. The first-order valence-electron chi connectivity index (χ1n) is 7.01. The lowest BCUT2D eigenvalue weighted by Crippen LogP contribution is -2.20. The first kappa shape index (κ1) is 14.0. The van der Waals surface area contributed by atoms with Gasteiger partial charge in [0.2, 0.25) is 5.89 Å². The van der Waals surface area contributed by atoms with Crippen molar-refractivity contribution in [1.82, 2.24) is 15.0 Å². The van der Waals surface area contributed by atoms with Gasteiger partial charge in [-0.05, 0) is 26.0 Å². The fourth-order valence-electron chi connectivity index (χ4n) is 2.73. The SMILES string of the molecule is COc1cccc(CN2CCC(c3nc(C)no3)C2)c1F. The van der Waals surface area contributed by atoms with Gasteiger partial charge in [0.05, 0.1) is 13.0 Å². The molecule has 1 atom stereocenters. The number of aromatic nitrogens is 2. The zero-order valence-electron chi connectivity index (χ0n) is 12.2. The van der Waals surface area contributed by atoms with Crippen molar-refractivity contribution in [2.45, 2.75) is 25.8 Å². The monoisotopic (exact) mass is 291 g/mol. The standard InChI is InChI=1S/C15H18FN3O2/c1-10-17-15(21-18-10)12-6-7-19(9-12)8-11-4-3-5-13(20-2)14(11)16/h3-5,12H,6-9H2,1-2H3. The molecule has 1 saturated heterocycles. The van der Waals surface area contributed by atoms with Gasteiger partial charge in [0.25, 0.3) is 0 Å². The van der Waals surface area contributed by atoms with Crippen molar-refractivity contribution in [3.05, 3.63) is 41.3 Å². The van der Waals surface area contributed by atoms with E-state index in [-0.39, 0.29) is 17.5 Å². The van der Waals surface area contributed by atoms with Crippen LogP contribution < -0.4 is 4.74 Å². The topological polar surface area (TPSA) is 51.4 Å². The molecule has 21 heavy (non-hydrogen) atoms. The summed E-state index contributed by atoms with van der Waals surface area (Å²) in [4.78, 5) is 6.48. The Hall–Kier alpha value is -1.95. The average molecular weight is 291 g/mol. The molecule has 6 heteroatoms. The van der Waals surface area contributed by atoms with Crippen LogP contribution in [0.25, 0.3) is 0 Å². The van der Waals surface area contributed by atoms with Gasteiger partial charge >= 0.3 is 0 Å². The second-order valence-electron chi connectivity index (χ2n) is 5.33. The number of nitrogens with zero attached hydrogens (tertiary/aromatic N) is 3. The van der Waals surface area contributed by atoms with Gasteiger partial charge in [0.15, 0.2) is 17.4 Å². The van der Waals surface area contributed by atoms with E-state index in [1.807, 2.05) is 13.0 Å². The molecule has 112 valence electrons. The highest BCUT2D eigenvalue weighted by molar-refractivity contribution is 5.31. The third-order valence-corrected chi connectivity index (χ3v) is 3.82. The van der Waals surface area contributed by atoms with Crippen LogP contribution in [0.5, 0.6) is 5.75 Å². The predicted molar refractivity (Wildman–Crippen MR) is 74.6 cm³/mol. The van der Waals surface area contributed by atoms with Crippen molar-refractivity contribution in [3.8, 4) is 5.75 Å². The first-order chi connectivity index (χ1) is 10.2. The lowest BCUT2D eigenvalue weighted by atomic mass is 10.1. The third-order valence-electron chi connectivity index (χ3n) is 3.82. The van der Waals surface area contributed by atoms with Crippen molar-refractivity contribution >= 4 is 0 Å². The normalized spacial score (nSPS) is 19.1. The second-order valence-corrected chi connectivity index (χ2v) is 5.33. The fraction of sp³-hybridized carbons (Fsp3) is 0.467. The number of hydrogen-bond donors (Lipinski definition) is 0. The largest absolute Gasteiger partial charge is 0.494 e. The summed E-state index contributed by atoms with van der Waals surface area (Å²) < 4.78 is 24.4. The quantitative estimate of drug-likeness (QED) is 0.866. The van der Waals surface area contributed by atoms with E-state index < -0.39 is 0 Å². The van der Waals surface area contributed by atoms with E-state index in [1.54, 1.807) is 12.1 Å². The molecule has 2 aromatic rings. The summed E-state index contributed by atoms with van der Waals surface area (Å²) in [5, 5.41) is 3.83. The van der Waals surface area contributed by atoms with Crippen molar-refractivity contribution in [3.63, 3.8) is 0 Å². The Labute approximate surface area is 122 Å². The molecule has 0 amide bonds. The molecule has 5 nitrogen and oxygen atoms in total. The highest BCUT2D eigenvalue weighted by atomic mass is 19.1. The Morgan fingerprint density at radius 2 is 2.33 bits per heavy atom. The Balaban J connectivity index is 1.67. The number of ether oxygens (including phenoxy) is 1. The van der Waals surface area contributed by atoms with Crippen LogP contribution in [-0.2, 0) is 6.54 Å². The number of aryl methyl sites for hydroxylation is 1. The maximum atomic E-state index is 14.2. The molecule has 1 fully saturated rings. The lowest BCUT2D eigenvalue weighted by Gasteiger charge is -2.16. The van der Waals surface area contributed by atoms with Crippen molar-refractivity contribution < 1.29 is 13.7 Å². The fourth-order valence-corrected chi connectivity index (χ4v) is 2.73. The van der Waals surface area contributed by atoms with Crippen LogP contribution in [0.1, 0.15) is 29.6 Å². The summed E-state index contributed by atoms with van der Waals surface area (Å²) in [6.07, 6.45) is 0.952. The summed E-state index contributed by atoms with van der Waals surface area (Å²) in [7, 11) is 1.48. The molecule has 3 rings (SSSR count). The van der Waals surface area contributed by atoms with Gasteiger partial charge in [-0.15, -0.1) is 0 Å². The minimum atomic E-state index is -0.280. The smallest absolute Gasteiger partial charge is 0.231 e. The van der Waals surface area contributed by atoms with Crippen LogP contribution in [0.15, 0.2) is 22.7 Å². The summed E-state index contributed by atoms with van der Waals surface area (Å²) >= 11 is 0. The van der Waals surface area contributed by atoms with E-state index in [1.165, 1.54) is 7.11 Å². The van der Waals surface area contributed by atoms with Crippen LogP contribution in [0.2, 0.25) is 0 Å². The predicted octanol–water partition coefficient (Wildman–Crippen LogP) is 2.52. The summed E-state index contributed by atoms with van der Waals surface area (Å²) in [6, 6.07) is 5.24. The minimum absolute atomic E-state index is 0.236. The molecule has 1 aliphatic heterocycles. The van der Waals surface area contributed by atoms with Crippen LogP contribution in [0.4, 0.5) is 4.39 Å². The number of rotatable bonds is 4. The molecule has 2 heterocycles. The van der Waals surface area contributed by atoms with Crippen LogP contribution in [0, 0.1) is 12.7 Å². The van der Waals surface area contributed by atoms with Gasteiger partial charge in [-0.1, -0.05) is 17.3 Å². The van der Waals surface area contributed by atoms with E-state index in [0.29, 0.717) is 23.8 Å². The molecule has 0 spiro atoms. The molecular formula is C15H18FN3O2. The lowest BCUT2D eigenvalue weighted by molar-refractivity contribution is 0.302. The molecule has 0 N–H and O–H groups in total. The Bertz CT molecular complexity index is 629. The second kappa shape index (κ2) is 5.81. The maximum Gasteiger partial charge on any atom is 0.231 e. The van der Waals surface area contributed by atoms with Gasteiger partial charge in [0.1, 0.15) is 0 Å². The minimum Gasteiger partial charge on any atom is -0.494 e. The number of likely N-dealkylation sites (tertiary alicyclic amines) is 1. The molecule has 1 aromatic heterocycles. The molecule has 1 unspecified atom stereocenters.